The zero-order valence-corrected chi connectivity index (χ0v) is 26.1. The molecule has 5 rings (SSSR count). The number of carboxylic acid groups (broad SMARTS) is 1. The molecular formula is C37H36N2O7. The van der Waals surface area contributed by atoms with Gasteiger partial charge in [0.1, 0.15) is 43.3 Å². The number of rotatable bonds is 12. The van der Waals surface area contributed by atoms with Crippen molar-refractivity contribution in [2.24, 2.45) is 10.4 Å². The highest BCUT2D eigenvalue weighted by molar-refractivity contribution is 5.93. The molecule has 4 aromatic carbocycles. The second-order valence-corrected chi connectivity index (χ2v) is 11.4. The van der Waals surface area contributed by atoms with Crippen molar-refractivity contribution >= 4 is 12.2 Å². The number of nitrogens with zero attached hydrogens (tertiary/aromatic N) is 2. The fourth-order valence-electron chi connectivity index (χ4n) is 5.09. The minimum Gasteiger partial charge on any atom is -0.489 e. The summed E-state index contributed by atoms with van der Waals surface area (Å²) < 4.78 is 24.0. The molecule has 9 nitrogen and oxygen atoms in total. The number of aliphatic hydroxyl groups is 1. The van der Waals surface area contributed by atoms with Gasteiger partial charge in [-0.1, -0.05) is 36.4 Å². The molecule has 1 unspecified atom stereocenters. The first-order chi connectivity index (χ1) is 22.2. The van der Waals surface area contributed by atoms with Crippen LogP contribution < -0.4 is 18.9 Å². The Hall–Kier alpha value is -5.33. The lowest BCUT2D eigenvalue weighted by atomic mass is 9.94. The van der Waals surface area contributed by atoms with Gasteiger partial charge in [0.05, 0.1) is 24.8 Å². The zero-order chi connectivity index (χ0) is 32.7. The van der Waals surface area contributed by atoms with Crippen LogP contribution in [0, 0.1) is 30.6 Å². The molecule has 46 heavy (non-hydrogen) atoms. The quantitative estimate of drug-likeness (QED) is 0.173. The molecule has 9 heteroatoms. The number of hydrogen-bond acceptors (Lipinski definition) is 8. The number of hydrogen-bond donors (Lipinski definition) is 2. The van der Waals surface area contributed by atoms with E-state index in [1.165, 1.54) is 13.1 Å². The van der Waals surface area contributed by atoms with Gasteiger partial charge in [-0.15, -0.1) is 0 Å². The molecule has 0 aromatic heterocycles. The Kier molecular flexibility index (Phi) is 9.89. The van der Waals surface area contributed by atoms with Gasteiger partial charge in [-0.3, -0.25) is 9.79 Å². The minimum absolute atomic E-state index is 0.138. The van der Waals surface area contributed by atoms with E-state index in [9.17, 15) is 20.3 Å². The normalized spacial score (nSPS) is 13.5. The smallest absolute Gasteiger partial charge is 0.317 e. The van der Waals surface area contributed by atoms with E-state index < -0.39 is 18.0 Å². The van der Waals surface area contributed by atoms with E-state index in [2.05, 4.69) is 24.1 Å². The third kappa shape index (κ3) is 7.31. The summed E-state index contributed by atoms with van der Waals surface area (Å²) in [6.07, 6.45) is 1.26. The number of carboxylic acids is 1. The van der Waals surface area contributed by atoms with Crippen LogP contribution in [0.25, 0.3) is 11.1 Å². The minimum atomic E-state index is -1.50. The number of aliphatic hydroxyl groups excluding tert-OH is 1. The Morgan fingerprint density at radius 1 is 1.00 bits per heavy atom. The van der Waals surface area contributed by atoms with Crippen LogP contribution in [0.1, 0.15) is 40.3 Å². The molecule has 0 spiro atoms. The van der Waals surface area contributed by atoms with Gasteiger partial charge in [0, 0.05) is 17.8 Å². The van der Waals surface area contributed by atoms with Crippen molar-refractivity contribution in [1.29, 1.82) is 5.26 Å². The Bertz CT molecular complexity index is 1810. The molecule has 0 bridgehead atoms. The summed E-state index contributed by atoms with van der Waals surface area (Å²) in [5, 5.41) is 28.4. The lowest BCUT2D eigenvalue weighted by Crippen LogP contribution is -2.33. The molecule has 0 amide bonds. The molecular weight excluding hydrogens is 584 g/mol. The van der Waals surface area contributed by atoms with E-state index in [1.807, 2.05) is 49.4 Å². The summed E-state index contributed by atoms with van der Waals surface area (Å²) in [4.78, 5) is 16.0. The molecule has 0 radical (unpaired) electrons. The van der Waals surface area contributed by atoms with Gasteiger partial charge in [0.25, 0.3) is 0 Å². The van der Waals surface area contributed by atoms with E-state index in [0.29, 0.717) is 36.9 Å². The molecule has 0 aliphatic carbocycles. The van der Waals surface area contributed by atoms with Crippen molar-refractivity contribution in [2.75, 3.05) is 19.8 Å². The molecule has 0 saturated heterocycles. The van der Waals surface area contributed by atoms with E-state index in [-0.39, 0.29) is 13.2 Å². The lowest BCUT2D eigenvalue weighted by Gasteiger charge is -2.20. The maximum Gasteiger partial charge on any atom is 0.317 e. The van der Waals surface area contributed by atoms with Crippen LogP contribution in [-0.4, -0.2) is 42.2 Å². The van der Waals surface area contributed by atoms with Crippen LogP contribution >= 0.6 is 0 Å². The number of aryl methyl sites for hydroxylation is 1. The first kappa shape index (κ1) is 32.1. The van der Waals surface area contributed by atoms with Crippen molar-refractivity contribution in [1.82, 2.24) is 0 Å². The monoisotopic (exact) mass is 620 g/mol. The van der Waals surface area contributed by atoms with Crippen molar-refractivity contribution in [3.8, 4) is 40.2 Å². The van der Waals surface area contributed by atoms with Gasteiger partial charge in [-0.25, -0.2) is 0 Å². The van der Waals surface area contributed by atoms with E-state index >= 15 is 0 Å². The molecule has 0 fully saturated rings. The Morgan fingerprint density at radius 2 is 1.78 bits per heavy atom. The number of carbonyl (C=O) groups is 1. The summed E-state index contributed by atoms with van der Waals surface area (Å²) in [5.74, 6) is 1.44. The number of fused-ring (bicyclic) bond motifs is 1. The summed E-state index contributed by atoms with van der Waals surface area (Å²) >= 11 is 0. The number of aliphatic carboxylic acids is 1. The Balaban J connectivity index is 1.39. The summed E-state index contributed by atoms with van der Waals surface area (Å²) in [5.41, 5.74) is 5.66. The van der Waals surface area contributed by atoms with Gasteiger partial charge in [-0.2, -0.15) is 5.26 Å². The SMILES string of the molecule is Cc1cc(OCc2cccc(-c3ccc4c(c3)OCCO4)c2C)cc(OCc2cccc(C#N)c2)c1CN=CC(C)(CO)C(=O)O. The summed E-state index contributed by atoms with van der Waals surface area (Å²) in [7, 11) is 0. The van der Waals surface area contributed by atoms with Crippen molar-refractivity contribution in [3.05, 3.63) is 106 Å². The fourth-order valence-corrected chi connectivity index (χ4v) is 5.09. The largest absolute Gasteiger partial charge is 0.489 e. The molecule has 1 aliphatic heterocycles. The molecule has 2 N–H and O–H groups in total. The second-order valence-electron chi connectivity index (χ2n) is 11.4. The third-order valence-electron chi connectivity index (χ3n) is 7.99. The first-order valence-corrected chi connectivity index (χ1v) is 14.9. The fraction of sp³-hybridized carbons (Fsp3) is 0.270. The predicted molar refractivity (Wildman–Crippen MR) is 174 cm³/mol. The van der Waals surface area contributed by atoms with Gasteiger partial charge >= 0.3 is 5.97 Å². The number of benzene rings is 4. The van der Waals surface area contributed by atoms with Crippen LogP contribution in [-0.2, 0) is 24.6 Å². The second kappa shape index (κ2) is 14.2. The highest BCUT2D eigenvalue weighted by Crippen LogP contribution is 2.37. The highest BCUT2D eigenvalue weighted by atomic mass is 16.6. The van der Waals surface area contributed by atoms with Crippen molar-refractivity contribution in [2.45, 2.75) is 40.5 Å². The summed E-state index contributed by atoms with van der Waals surface area (Å²) in [6, 6.07) is 25.1. The van der Waals surface area contributed by atoms with Crippen molar-refractivity contribution in [3.63, 3.8) is 0 Å². The van der Waals surface area contributed by atoms with E-state index in [4.69, 9.17) is 18.9 Å². The van der Waals surface area contributed by atoms with Crippen LogP contribution in [0.2, 0.25) is 0 Å². The number of ether oxygens (including phenoxy) is 4. The lowest BCUT2D eigenvalue weighted by molar-refractivity contribution is -0.145. The van der Waals surface area contributed by atoms with Crippen LogP contribution in [0.15, 0.2) is 77.8 Å². The van der Waals surface area contributed by atoms with Crippen molar-refractivity contribution < 1.29 is 34.0 Å². The average Bonchev–Trinajstić information content (AvgIpc) is 3.07. The molecule has 4 aromatic rings. The molecule has 1 aliphatic rings. The first-order valence-electron chi connectivity index (χ1n) is 14.9. The Labute approximate surface area is 268 Å². The molecule has 1 atom stereocenters. The standard InChI is InChI=1S/C37H36N2O7/c1-24-14-30(45-21-29-8-5-9-31(25(29)2)28-10-11-33-35(16-28)44-13-12-43-33)17-34(46-20-27-7-4-6-26(15-27)18-38)32(24)19-39-22-37(3,23-40)36(41)42/h4-11,14-17,22,40H,12-13,19-21,23H2,1-3H3,(H,41,42). The predicted octanol–water partition coefficient (Wildman–Crippen LogP) is 6.43. The Morgan fingerprint density at radius 3 is 2.54 bits per heavy atom. The topological polar surface area (TPSA) is 131 Å². The van der Waals surface area contributed by atoms with E-state index in [0.717, 1.165) is 50.4 Å². The molecule has 1 heterocycles. The average molecular weight is 621 g/mol. The van der Waals surface area contributed by atoms with Gasteiger partial charge < -0.3 is 29.2 Å². The van der Waals surface area contributed by atoms with E-state index in [1.54, 1.807) is 24.3 Å². The molecule has 236 valence electrons. The van der Waals surface area contributed by atoms with Gasteiger partial charge in [-0.05, 0) is 84.5 Å². The van der Waals surface area contributed by atoms with Crippen LogP contribution in [0.5, 0.6) is 23.0 Å². The van der Waals surface area contributed by atoms with Gasteiger partial charge in [0.15, 0.2) is 11.5 Å². The zero-order valence-electron chi connectivity index (χ0n) is 26.1. The van der Waals surface area contributed by atoms with Gasteiger partial charge in [0.2, 0.25) is 0 Å². The maximum absolute atomic E-state index is 11.6. The third-order valence-corrected chi connectivity index (χ3v) is 7.99. The molecule has 0 saturated carbocycles. The van der Waals surface area contributed by atoms with Crippen LogP contribution in [0.3, 0.4) is 0 Å². The van der Waals surface area contributed by atoms with Crippen LogP contribution in [0.4, 0.5) is 0 Å². The summed E-state index contributed by atoms with van der Waals surface area (Å²) in [6.45, 7) is 6.54. The highest BCUT2D eigenvalue weighted by Gasteiger charge is 2.30. The maximum atomic E-state index is 11.6. The number of aliphatic imine (C=N–C) groups is 1. The number of nitriles is 1.